The molecule has 2 heterocycles. The zero-order valence-electron chi connectivity index (χ0n) is 15.6. The van der Waals surface area contributed by atoms with Crippen molar-refractivity contribution in [1.29, 1.82) is 0 Å². The van der Waals surface area contributed by atoms with E-state index in [2.05, 4.69) is 34.2 Å². The molecule has 1 aromatic rings. The number of benzene rings is 1. The maximum atomic E-state index is 12.6. The van der Waals surface area contributed by atoms with Gasteiger partial charge in [-0.25, -0.2) is 0 Å². The van der Waals surface area contributed by atoms with Crippen LogP contribution >= 0.6 is 24.8 Å². The number of rotatable bonds is 4. The molecule has 1 amide bonds. The second kappa shape index (κ2) is 11.0. The molecule has 2 fully saturated rings. The summed E-state index contributed by atoms with van der Waals surface area (Å²) in [4.78, 5) is 17.2. The number of amides is 1. The molecule has 0 bridgehead atoms. The second-order valence-electron chi connectivity index (χ2n) is 6.86. The van der Waals surface area contributed by atoms with E-state index in [1.54, 1.807) is 7.11 Å². The number of nitrogens with zero attached hydrogens (tertiary/aromatic N) is 2. The lowest BCUT2D eigenvalue weighted by Crippen LogP contribution is -2.52. The van der Waals surface area contributed by atoms with Gasteiger partial charge in [0.1, 0.15) is 5.75 Å². The van der Waals surface area contributed by atoms with Crippen LogP contribution in [-0.2, 0) is 4.79 Å². The molecule has 2 saturated heterocycles. The van der Waals surface area contributed by atoms with Crippen LogP contribution in [0.25, 0.3) is 0 Å². The van der Waals surface area contributed by atoms with Crippen molar-refractivity contribution in [3.05, 3.63) is 29.8 Å². The summed E-state index contributed by atoms with van der Waals surface area (Å²) in [5.41, 5.74) is 1.27. The van der Waals surface area contributed by atoms with Crippen LogP contribution in [0.3, 0.4) is 0 Å². The fourth-order valence-electron chi connectivity index (χ4n) is 3.76. The highest BCUT2D eigenvalue weighted by atomic mass is 35.5. The lowest BCUT2D eigenvalue weighted by Gasteiger charge is -2.40. The van der Waals surface area contributed by atoms with E-state index >= 15 is 0 Å². The highest BCUT2D eigenvalue weighted by molar-refractivity contribution is 5.85. The van der Waals surface area contributed by atoms with Gasteiger partial charge in [-0.2, -0.15) is 0 Å². The summed E-state index contributed by atoms with van der Waals surface area (Å²) in [5.74, 6) is 1.43. The van der Waals surface area contributed by atoms with Crippen molar-refractivity contribution in [2.75, 3.05) is 46.4 Å². The van der Waals surface area contributed by atoms with E-state index in [-0.39, 0.29) is 30.7 Å². The number of hydrogen-bond acceptors (Lipinski definition) is 4. The van der Waals surface area contributed by atoms with Crippen molar-refractivity contribution in [3.8, 4) is 5.75 Å². The first-order chi connectivity index (χ1) is 11.7. The van der Waals surface area contributed by atoms with Gasteiger partial charge in [0.25, 0.3) is 0 Å². The van der Waals surface area contributed by atoms with Gasteiger partial charge in [-0.3, -0.25) is 9.69 Å². The number of piperidine rings is 1. The molecule has 148 valence electrons. The number of piperazine rings is 1. The molecule has 0 spiro atoms. The molecule has 0 aliphatic carbocycles. The molecule has 1 aromatic carbocycles. The van der Waals surface area contributed by atoms with E-state index < -0.39 is 0 Å². The molecule has 26 heavy (non-hydrogen) atoms. The van der Waals surface area contributed by atoms with Crippen LogP contribution < -0.4 is 10.1 Å². The average Bonchev–Trinajstić information content (AvgIpc) is 2.67. The summed E-state index contributed by atoms with van der Waals surface area (Å²) in [5, 5.41) is 3.34. The van der Waals surface area contributed by atoms with Crippen LogP contribution in [0.2, 0.25) is 0 Å². The Morgan fingerprint density at radius 2 is 1.96 bits per heavy atom. The SMILES string of the molecule is COc1cccc(C(C)N2CCN(C(=O)C3CCCNC3)CC2)c1.Cl.Cl. The second-order valence-corrected chi connectivity index (χ2v) is 6.86. The normalized spacial score (nSPS) is 21.9. The third kappa shape index (κ3) is 5.49. The number of nitrogens with one attached hydrogen (secondary N) is 1. The van der Waals surface area contributed by atoms with Crippen LogP contribution in [0.4, 0.5) is 0 Å². The van der Waals surface area contributed by atoms with E-state index in [0.29, 0.717) is 11.9 Å². The Labute approximate surface area is 169 Å². The predicted molar refractivity (Wildman–Crippen MR) is 110 cm³/mol. The van der Waals surface area contributed by atoms with Crippen molar-refractivity contribution in [2.45, 2.75) is 25.8 Å². The van der Waals surface area contributed by atoms with Gasteiger partial charge >= 0.3 is 0 Å². The average molecular weight is 404 g/mol. The third-order valence-corrected chi connectivity index (χ3v) is 5.40. The first kappa shape index (κ1) is 23.0. The van der Waals surface area contributed by atoms with Gasteiger partial charge in [0, 0.05) is 38.8 Å². The zero-order chi connectivity index (χ0) is 16.9. The number of carbonyl (C=O) groups excluding carboxylic acids is 1. The molecule has 2 unspecified atom stereocenters. The molecule has 1 N–H and O–H groups in total. The number of carbonyl (C=O) groups is 1. The van der Waals surface area contributed by atoms with Gasteiger partial charge in [0.15, 0.2) is 0 Å². The maximum absolute atomic E-state index is 12.6. The van der Waals surface area contributed by atoms with E-state index in [1.807, 2.05) is 12.1 Å². The fraction of sp³-hybridized carbons (Fsp3) is 0.632. The minimum absolute atomic E-state index is 0. The van der Waals surface area contributed by atoms with Gasteiger partial charge in [-0.15, -0.1) is 24.8 Å². The van der Waals surface area contributed by atoms with E-state index in [9.17, 15) is 4.79 Å². The highest BCUT2D eigenvalue weighted by Gasteiger charge is 2.29. The first-order valence-electron chi connectivity index (χ1n) is 9.06. The standard InChI is InChI=1S/C19H29N3O2.2ClH/c1-15(16-5-3-7-18(13-16)24-2)21-9-11-22(12-10-21)19(23)17-6-4-8-20-14-17;;/h3,5,7,13,15,17,20H,4,6,8-12,14H2,1-2H3;2*1H. The Bertz CT molecular complexity index is 559. The third-order valence-electron chi connectivity index (χ3n) is 5.40. The van der Waals surface area contributed by atoms with E-state index in [0.717, 1.165) is 57.9 Å². The van der Waals surface area contributed by atoms with Crippen molar-refractivity contribution in [3.63, 3.8) is 0 Å². The summed E-state index contributed by atoms with van der Waals surface area (Å²) in [7, 11) is 1.70. The van der Waals surface area contributed by atoms with Crippen molar-refractivity contribution < 1.29 is 9.53 Å². The molecule has 0 saturated carbocycles. The number of methoxy groups -OCH3 is 1. The van der Waals surface area contributed by atoms with Crippen LogP contribution in [0.1, 0.15) is 31.4 Å². The number of ether oxygens (including phenoxy) is 1. The van der Waals surface area contributed by atoms with E-state index in [1.165, 1.54) is 5.56 Å². The predicted octanol–water partition coefficient (Wildman–Crippen LogP) is 2.74. The molecule has 0 radical (unpaired) electrons. The van der Waals surface area contributed by atoms with Crippen LogP contribution in [0.5, 0.6) is 5.75 Å². The van der Waals surface area contributed by atoms with Gasteiger partial charge in [-0.1, -0.05) is 12.1 Å². The lowest BCUT2D eigenvalue weighted by molar-refractivity contribution is -0.138. The summed E-state index contributed by atoms with van der Waals surface area (Å²) in [6.45, 7) is 7.67. The minimum Gasteiger partial charge on any atom is -0.497 e. The summed E-state index contributed by atoms with van der Waals surface area (Å²) in [6.07, 6.45) is 2.15. The van der Waals surface area contributed by atoms with Crippen LogP contribution in [0, 0.1) is 5.92 Å². The molecule has 3 rings (SSSR count). The Morgan fingerprint density at radius 3 is 2.58 bits per heavy atom. The maximum Gasteiger partial charge on any atom is 0.227 e. The monoisotopic (exact) mass is 403 g/mol. The molecule has 2 aliphatic rings. The van der Waals surface area contributed by atoms with Gasteiger partial charge in [-0.05, 0) is 44.0 Å². The minimum atomic E-state index is 0. The molecular weight excluding hydrogens is 373 g/mol. The van der Waals surface area contributed by atoms with Crippen LogP contribution in [0.15, 0.2) is 24.3 Å². The molecule has 2 atom stereocenters. The fourth-order valence-corrected chi connectivity index (χ4v) is 3.76. The largest absolute Gasteiger partial charge is 0.497 e. The Balaban J connectivity index is 0.00000169. The molecule has 7 heteroatoms. The lowest BCUT2D eigenvalue weighted by atomic mass is 9.97. The van der Waals surface area contributed by atoms with Crippen molar-refractivity contribution in [2.24, 2.45) is 5.92 Å². The molecule has 0 aromatic heterocycles. The van der Waals surface area contributed by atoms with E-state index in [4.69, 9.17) is 4.74 Å². The van der Waals surface area contributed by atoms with Gasteiger partial charge in [0.2, 0.25) is 5.91 Å². The summed E-state index contributed by atoms with van der Waals surface area (Å²) < 4.78 is 5.33. The van der Waals surface area contributed by atoms with Crippen molar-refractivity contribution in [1.82, 2.24) is 15.1 Å². The van der Waals surface area contributed by atoms with Gasteiger partial charge in [0.05, 0.1) is 13.0 Å². The molecular formula is C19H31Cl2N3O2. The topological polar surface area (TPSA) is 44.8 Å². The highest BCUT2D eigenvalue weighted by Crippen LogP contribution is 2.25. The smallest absolute Gasteiger partial charge is 0.227 e. The summed E-state index contributed by atoms with van der Waals surface area (Å²) in [6, 6.07) is 8.62. The quantitative estimate of drug-likeness (QED) is 0.839. The Hall–Kier alpha value is -1.01. The number of halogens is 2. The number of hydrogen-bond donors (Lipinski definition) is 1. The molecule has 2 aliphatic heterocycles. The van der Waals surface area contributed by atoms with Gasteiger partial charge < -0.3 is 15.0 Å². The summed E-state index contributed by atoms with van der Waals surface area (Å²) >= 11 is 0. The Kier molecular flexibility index (Phi) is 9.72. The first-order valence-corrected chi connectivity index (χ1v) is 9.06. The zero-order valence-corrected chi connectivity index (χ0v) is 17.3. The van der Waals surface area contributed by atoms with Crippen LogP contribution in [-0.4, -0.2) is 62.1 Å². The molecule has 5 nitrogen and oxygen atoms in total. The Morgan fingerprint density at radius 1 is 1.23 bits per heavy atom. The van der Waals surface area contributed by atoms with Crippen molar-refractivity contribution >= 4 is 30.7 Å².